The number of carboxylic acids is 1. The van der Waals surface area contributed by atoms with E-state index in [0.717, 1.165) is 10.6 Å². The molecule has 1 rings (SSSR count). The Balaban J connectivity index is 2.42. The van der Waals surface area contributed by atoms with E-state index in [9.17, 15) is 9.59 Å². The summed E-state index contributed by atoms with van der Waals surface area (Å²) in [5.41, 5.74) is 0.999. The minimum atomic E-state index is -0.956. The van der Waals surface area contributed by atoms with Crippen molar-refractivity contribution in [3.8, 4) is 0 Å². The molecule has 1 aromatic heterocycles. The van der Waals surface area contributed by atoms with Crippen LogP contribution >= 0.6 is 11.3 Å². The van der Waals surface area contributed by atoms with Crippen molar-refractivity contribution in [3.05, 3.63) is 17.0 Å². The van der Waals surface area contributed by atoms with Crippen molar-refractivity contribution in [2.24, 2.45) is 0 Å². The molecule has 1 aromatic rings. The van der Waals surface area contributed by atoms with Crippen LogP contribution < -0.4 is 5.32 Å². The van der Waals surface area contributed by atoms with Gasteiger partial charge in [0.2, 0.25) is 5.91 Å². The lowest BCUT2D eigenvalue weighted by Gasteiger charge is -2.01. The summed E-state index contributed by atoms with van der Waals surface area (Å²) in [4.78, 5) is 21.4. The highest BCUT2D eigenvalue weighted by atomic mass is 32.1. The molecule has 76 valence electrons. The fourth-order valence-electron chi connectivity index (χ4n) is 0.910. The highest BCUT2D eigenvalue weighted by molar-refractivity contribution is 7.14. The van der Waals surface area contributed by atoms with Crippen LogP contribution in [0, 0.1) is 6.92 Å². The number of anilines is 1. The topological polar surface area (TPSA) is 66.4 Å². The third-order valence-corrected chi connectivity index (χ3v) is 2.61. The molecule has 0 aliphatic carbocycles. The number of nitrogens with one attached hydrogen (secondary N) is 1. The minimum absolute atomic E-state index is 0.0205. The average molecular weight is 213 g/mol. The number of carbonyl (C=O) groups excluding carboxylic acids is 1. The Morgan fingerprint density at radius 1 is 1.50 bits per heavy atom. The average Bonchev–Trinajstić information content (AvgIpc) is 2.49. The number of rotatable bonds is 4. The van der Waals surface area contributed by atoms with Gasteiger partial charge in [-0.25, -0.2) is 0 Å². The summed E-state index contributed by atoms with van der Waals surface area (Å²) in [6, 6.07) is 1.90. The van der Waals surface area contributed by atoms with Crippen LogP contribution in [0.2, 0.25) is 0 Å². The molecule has 4 nitrogen and oxygen atoms in total. The van der Waals surface area contributed by atoms with Crippen molar-refractivity contribution in [2.45, 2.75) is 19.8 Å². The number of hydrogen-bond acceptors (Lipinski definition) is 3. The van der Waals surface area contributed by atoms with E-state index in [1.165, 1.54) is 11.3 Å². The van der Waals surface area contributed by atoms with Crippen LogP contribution in [0.1, 0.15) is 18.4 Å². The van der Waals surface area contributed by atoms with E-state index < -0.39 is 5.97 Å². The molecule has 0 aliphatic heterocycles. The van der Waals surface area contributed by atoms with Gasteiger partial charge in [0.05, 0.1) is 11.4 Å². The molecule has 0 aliphatic rings. The smallest absolute Gasteiger partial charge is 0.303 e. The van der Waals surface area contributed by atoms with Crippen LogP contribution in [0.3, 0.4) is 0 Å². The molecule has 0 aromatic carbocycles. The first-order valence-electron chi connectivity index (χ1n) is 4.15. The first kappa shape index (κ1) is 10.7. The summed E-state index contributed by atoms with van der Waals surface area (Å²) < 4.78 is 0. The van der Waals surface area contributed by atoms with Crippen molar-refractivity contribution in [1.29, 1.82) is 0 Å². The van der Waals surface area contributed by atoms with Crippen molar-refractivity contribution in [3.63, 3.8) is 0 Å². The van der Waals surface area contributed by atoms with Crippen LogP contribution in [-0.2, 0) is 9.59 Å². The number of aliphatic carboxylic acids is 1. The number of carboxylic acid groups (broad SMARTS) is 1. The Morgan fingerprint density at radius 3 is 2.71 bits per heavy atom. The van der Waals surface area contributed by atoms with Crippen molar-refractivity contribution in [2.75, 3.05) is 5.32 Å². The molecule has 0 radical (unpaired) electrons. The highest BCUT2D eigenvalue weighted by Crippen LogP contribution is 2.21. The Bertz CT molecular complexity index is 346. The second kappa shape index (κ2) is 4.76. The fraction of sp³-hybridized carbons (Fsp3) is 0.333. The van der Waals surface area contributed by atoms with E-state index in [0.29, 0.717) is 0 Å². The lowest BCUT2D eigenvalue weighted by molar-refractivity contribution is -0.138. The Labute approximate surface area is 85.6 Å². The number of aryl methyl sites for hydroxylation is 1. The van der Waals surface area contributed by atoms with E-state index in [4.69, 9.17) is 5.11 Å². The van der Waals surface area contributed by atoms with E-state index in [-0.39, 0.29) is 18.7 Å². The molecule has 1 amide bonds. The number of hydrogen-bond donors (Lipinski definition) is 2. The molecule has 0 fully saturated rings. The number of carbonyl (C=O) groups is 2. The number of thiophene rings is 1. The van der Waals surface area contributed by atoms with Crippen molar-refractivity contribution < 1.29 is 14.7 Å². The summed E-state index contributed by atoms with van der Waals surface area (Å²) >= 11 is 1.43. The Hall–Kier alpha value is -1.36. The van der Waals surface area contributed by atoms with Gasteiger partial charge in [0, 0.05) is 6.42 Å². The second-order valence-electron chi connectivity index (χ2n) is 2.87. The van der Waals surface area contributed by atoms with Gasteiger partial charge in [0.15, 0.2) is 0 Å². The predicted molar refractivity (Wildman–Crippen MR) is 54.6 cm³/mol. The molecule has 0 bridgehead atoms. The van der Waals surface area contributed by atoms with E-state index >= 15 is 0 Å². The maximum absolute atomic E-state index is 11.2. The molecule has 2 N–H and O–H groups in total. The van der Waals surface area contributed by atoms with Gasteiger partial charge in [-0.05, 0) is 23.9 Å². The Morgan fingerprint density at radius 2 is 2.21 bits per heavy atom. The largest absolute Gasteiger partial charge is 0.481 e. The maximum Gasteiger partial charge on any atom is 0.303 e. The fourth-order valence-corrected chi connectivity index (χ4v) is 1.75. The van der Waals surface area contributed by atoms with Gasteiger partial charge in [-0.15, -0.1) is 11.3 Å². The van der Waals surface area contributed by atoms with E-state index in [2.05, 4.69) is 5.32 Å². The zero-order valence-electron chi connectivity index (χ0n) is 7.74. The van der Waals surface area contributed by atoms with Gasteiger partial charge in [0.1, 0.15) is 0 Å². The molecule has 0 atom stereocenters. The number of amides is 1. The lowest BCUT2D eigenvalue weighted by Crippen LogP contribution is -2.12. The first-order valence-corrected chi connectivity index (χ1v) is 5.03. The minimum Gasteiger partial charge on any atom is -0.481 e. The monoisotopic (exact) mass is 213 g/mol. The predicted octanol–water partition coefficient (Wildman–Crippen LogP) is 1.86. The van der Waals surface area contributed by atoms with Gasteiger partial charge in [-0.3, -0.25) is 9.59 Å². The van der Waals surface area contributed by atoms with Gasteiger partial charge in [0.25, 0.3) is 0 Å². The van der Waals surface area contributed by atoms with Gasteiger partial charge < -0.3 is 10.4 Å². The van der Waals surface area contributed by atoms with Crippen LogP contribution in [0.5, 0.6) is 0 Å². The Kier molecular flexibility index (Phi) is 3.64. The molecule has 0 spiro atoms. The second-order valence-corrected chi connectivity index (χ2v) is 3.79. The molecule has 1 heterocycles. The molecular formula is C9H11NO3S. The quantitative estimate of drug-likeness (QED) is 0.802. The van der Waals surface area contributed by atoms with E-state index in [1.807, 2.05) is 18.4 Å². The van der Waals surface area contributed by atoms with Crippen LogP contribution in [0.15, 0.2) is 11.4 Å². The molecule has 5 heteroatoms. The summed E-state index contributed by atoms with van der Waals surface area (Å²) in [5.74, 6) is -1.21. The highest BCUT2D eigenvalue weighted by Gasteiger charge is 2.07. The normalized spacial score (nSPS) is 9.79. The molecule has 0 saturated heterocycles. The zero-order chi connectivity index (χ0) is 10.6. The van der Waals surface area contributed by atoms with Gasteiger partial charge in [-0.1, -0.05) is 0 Å². The van der Waals surface area contributed by atoms with Crippen LogP contribution in [-0.4, -0.2) is 17.0 Å². The summed E-state index contributed by atoms with van der Waals surface area (Å²) in [5, 5.41) is 13.7. The summed E-state index contributed by atoms with van der Waals surface area (Å²) in [6.45, 7) is 1.89. The van der Waals surface area contributed by atoms with Crippen LogP contribution in [0.4, 0.5) is 5.00 Å². The molecule has 14 heavy (non-hydrogen) atoms. The first-order chi connectivity index (χ1) is 6.59. The third-order valence-electron chi connectivity index (χ3n) is 1.68. The standard InChI is InChI=1S/C9H11NO3S/c1-6-4-5-14-9(6)10-7(11)2-3-8(12)13/h4-5H,2-3H2,1H3,(H,10,11)(H,12,13). The molecule has 0 unspecified atom stereocenters. The van der Waals surface area contributed by atoms with Gasteiger partial charge >= 0.3 is 5.97 Å². The van der Waals surface area contributed by atoms with E-state index in [1.54, 1.807) is 0 Å². The van der Waals surface area contributed by atoms with Crippen molar-refractivity contribution >= 4 is 28.2 Å². The maximum atomic E-state index is 11.2. The summed E-state index contributed by atoms with van der Waals surface area (Å²) in [6.07, 6.45) is -0.108. The SMILES string of the molecule is Cc1ccsc1NC(=O)CCC(=O)O. The van der Waals surface area contributed by atoms with Crippen LogP contribution in [0.25, 0.3) is 0 Å². The zero-order valence-corrected chi connectivity index (χ0v) is 8.56. The summed E-state index contributed by atoms with van der Waals surface area (Å²) in [7, 11) is 0. The molecule has 0 saturated carbocycles. The lowest BCUT2D eigenvalue weighted by atomic mass is 10.3. The third kappa shape index (κ3) is 3.18. The molecular weight excluding hydrogens is 202 g/mol. The van der Waals surface area contributed by atoms with Gasteiger partial charge in [-0.2, -0.15) is 0 Å². The van der Waals surface area contributed by atoms with Crippen molar-refractivity contribution in [1.82, 2.24) is 0 Å².